The third-order valence-electron chi connectivity index (χ3n) is 6.31. The average Bonchev–Trinajstić information content (AvgIpc) is 3.39. The van der Waals surface area contributed by atoms with Crippen LogP contribution in [-0.2, 0) is 11.2 Å². The number of ether oxygens (including phenoxy) is 1. The van der Waals surface area contributed by atoms with Gasteiger partial charge in [0.25, 0.3) is 11.8 Å². The third kappa shape index (κ3) is 5.03. The third-order valence-corrected chi connectivity index (χ3v) is 6.94. The van der Waals surface area contributed by atoms with E-state index >= 15 is 0 Å². The van der Waals surface area contributed by atoms with E-state index in [1.54, 1.807) is 24.4 Å². The number of anilines is 1. The second-order valence-electron chi connectivity index (χ2n) is 9.01. The molecule has 0 bridgehead atoms. The van der Waals surface area contributed by atoms with E-state index in [1.807, 2.05) is 26.8 Å². The first-order valence-electron chi connectivity index (χ1n) is 12.0. The van der Waals surface area contributed by atoms with Gasteiger partial charge >= 0.3 is 0 Å². The van der Waals surface area contributed by atoms with E-state index in [9.17, 15) is 14.0 Å². The molecule has 4 rings (SSSR count). The van der Waals surface area contributed by atoms with Crippen molar-refractivity contribution in [3.05, 3.63) is 92.3 Å². The summed E-state index contributed by atoms with van der Waals surface area (Å²) in [6.45, 7) is 6.40. The first kappa shape index (κ1) is 26.3. The molecular weight excluding hydrogens is 502 g/mol. The molecule has 3 aromatic rings. The lowest BCUT2D eigenvalue weighted by Crippen LogP contribution is -2.40. The van der Waals surface area contributed by atoms with E-state index in [1.165, 1.54) is 12.1 Å². The van der Waals surface area contributed by atoms with Gasteiger partial charge in [0.1, 0.15) is 11.6 Å². The Balaban J connectivity index is 1.98. The van der Waals surface area contributed by atoms with E-state index in [-0.39, 0.29) is 33.4 Å². The Kier molecular flexibility index (Phi) is 8.08. The Morgan fingerprint density at radius 3 is 2.39 bits per heavy atom. The van der Waals surface area contributed by atoms with Crippen molar-refractivity contribution < 1.29 is 18.7 Å². The molecule has 0 N–H and O–H groups in total. The van der Waals surface area contributed by atoms with Gasteiger partial charge in [-0.1, -0.05) is 62.2 Å². The van der Waals surface area contributed by atoms with E-state index in [4.69, 9.17) is 27.9 Å². The lowest BCUT2D eigenvalue weighted by Gasteiger charge is -2.27. The van der Waals surface area contributed by atoms with Crippen molar-refractivity contribution in [3.63, 3.8) is 0 Å². The van der Waals surface area contributed by atoms with Gasteiger partial charge in [-0.05, 0) is 60.6 Å². The standard InChI is InChI=1S/C28H27Cl2FN2O3/c1-4-17-14-19(23-12-7-13-36-23)26(32-15-17)33(28(35)25-21(30)10-6-11-22(25)31)27(34)24-18(16(2)3)8-5-9-20(24)29/h5-6,8-11,14-16,23H,4,7,12-13H2,1-3H3. The minimum atomic E-state index is -0.922. The number of benzene rings is 2. The summed E-state index contributed by atoms with van der Waals surface area (Å²) in [6.07, 6.45) is 3.51. The zero-order valence-electron chi connectivity index (χ0n) is 20.4. The topological polar surface area (TPSA) is 59.5 Å². The Morgan fingerprint density at radius 2 is 1.78 bits per heavy atom. The SMILES string of the molecule is CCc1cnc(N(C(=O)c2c(F)cccc2Cl)C(=O)c2c(Cl)cccc2C(C)C)c(C2CCCO2)c1. The molecule has 0 aliphatic carbocycles. The van der Waals surface area contributed by atoms with Crippen LogP contribution in [0.25, 0.3) is 0 Å². The molecule has 2 aromatic carbocycles. The molecule has 1 aliphatic rings. The maximum absolute atomic E-state index is 14.9. The number of rotatable bonds is 6. The monoisotopic (exact) mass is 528 g/mol. The lowest BCUT2D eigenvalue weighted by atomic mass is 9.95. The fraction of sp³-hybridized carbons (Fsp3) is 0.321. The molecule has 0 radical (unpaired) electrons. The highest BCUT2D eigenvalue weighted by molar-refractivity contribution is 6.39. The number of imide groups is 1. The van der Waals surface area contributed by atoms with Gasteiger partial charge in [0.2, 0.25) is 0 Å². The highest BCUT2D eigenvalue weighted by Crippen LogP contribution is 2.38. The predicted molar refractivity (Wildman–Crippen MR) is 140 cm³/mol. The van der Waals surface area contributed by atoms with E-state index < -0.39 is 23.2 Å². The van der Waals surface area contributed by atoms with Crippen molar-refractivity contribution in [2.24, 2.45) is 0 Å². The second kappa shape index (κ2) is 11.1. The van der Waals surface area contributed by atoms with Crippen molar-refractivity contribution in [1.82, 2.24) is 4.98 Å². The summed E-state index contributed by atoms with van der Waals surface area (Å²) in [5.41, 5.74) is 1.93. The maximum atomic E-state index is 14.9. The van der Waals surface area contributed by atoms with Crippen LogP contribution in [0.15, 0.2) is 48.7 Å². The molecule has 2 amide bonds. The minimum Gasteiger partial charge on any atom is -0.373 e. The van der Waals surface area contributed by atoms with Crippen LogP contribution < -0.4 is 4.90 Å². The highest BCUT2D eigenvalue weighted by Gasteiger charge is 2.36. The van der Waals surface area contributed by atoms with Gasteiger partial charge in [-0.3, -0.25) is 9.59 Å². The summed E-state index contributed by atoms with van der Waals surface area (Å²) in [6, 6.07) is 11.0. The number of aromatic nitrogens is 1. The number of aryl methyl sites for hydroxylation is 1. The molecule has 1 unspecified atom stereocenters. The number of halogens is 3. The maximum Gasteiger partial charge on any atom is 0.271 e. The Bertz CT molecular complexity index is 1290. The first-order chi connectivity index (χ1) is 17.2. The molecule has 1 atom stereocenters. The van der Waals surface area contributed by atoms with Crippen molar-refractivity contribution in [1.29, 1.82) is 0 Å². The van der Waals surface area contributed by atoms with Crippen LogP contribution in [0.4, 0.5) is 10.2 Å². The van der Waals surface area contributed by atoms with Crippen LogP contribution in [0, 0.1) is 5.82 Å². The van der Waals surface area contributed by atoms with Gasteiger partial charge in [0.05, 0.1) is 27.3 Å². The van der Waals surface area contributed by atoms with E-state index in [0.29, 0.717) is 30.6 Å². The molecule has 1 saturated heterocycles. The summed E-state index contributed by atoms with van der Waals surface area (Å²) in [7, 11) is 0. The normalized spacial score (nSPS) is 15.4. The van der Waals surface area contributed by atoms with Crippen LogP contribution in [0.5, 0.6) is 0 Å². The predicted octanol–water partition coefficient (Wildman–Crippen LogP) is 7.55. The molecular formula is C28H27Cl2FN2O3. The fourth-order valence-electron chi connectivity index (χ4n) is 4.42. The van der Waals surface area contributed by atoms with Crippen LogP contribution in [0.1, 0.15) is 83.0 Å². The molecule has 8 heteroatoms. The quantitative estimate of drug-likeness (QED) is 0.310. The molecule has 1 aromatic heterocycles. The Hall–Kier alpha value is -2.80. The van der Waals surface area contributed by atoms with E-state index in [0.717, 1.165) is 23.0 Å². The molecule has 0 saturated carbocycles. The summed E-state index contributed by atoms with van der Waals surface area (Å²) < 4.78 is 20.9. The number of nitrogens with zero attached hydrogens (tertiary/aromatic N) is 2. The van der Waals surface area contributed by atoms with Crippen LogP contribution in [-0.4, -0.2) is 23.4 Å². The molecule has 2 heterocycles. The molecule has 188 valence electrons. The molecule has 36 heavy (non-hydrogen) atoms. The smallest absolute Gasteiger partial charge is 0.271 e. The summed E-state index contributed by atoms with van der Waals surface area (Å²) in [5, 5.41) is 0.0809. The summed E-state index contributed by atoms with van der Waals surface area (Å²) >= 11 is 12.8. The Labute approximate surface area is 220 Å². The van der Waals surface area contributed by atoms with E-state index in [2.05, 4.69) is 4.98 Å². The van der Waals surface area contributed by atoms with Gasteiger partial charge in [-0.15, -0.1) is 0 Å². The second-order valence-corrected chi connectivity index (χ2v) is 9.83. The van der Waals surface area contributed by atoms with Gasteiger partial charge < -0.3 is 4.74 Å². The summed E-state index contributed by atoms with van der Waals surface area (Å²) in [5.74, 6) is -2.44. The number of carbonyl (C=O) groups excluding carboxylic acids is 2. The number of hydrogen-bond acceptors (Lipinski definition) is 4. The summed E-state index contributed by atoms with van der Waals surface area (Å²) in [4.78, 5) is 33.6. The van der Waals surface area contributed by atoms with Crippen LogP contribution in [0.3, 0.4) is 0 Å². The van der Waals surface area contributed by atoms with Crippen molar-refractivity contribution >= 4 is 40.8 Å². The first-order valence-corrected chi connectivity index (χ1v) is 12.7. The highest BCUT2D eigenvalue weighted by atomic mass is 35.5. The van der Waals surface area contributed by atoms with Crippen LogP contribution in [0.2, 0.25) is 10.0 Å². The zero-order valence-corrected chi connectivity index (χ0v) is 21.9. The molecule has 1 aliphatic heterocycles. The van der Waals surface area contributed by atoms with Crippen molar-refractivity contribution in [2.45, 2.75) is 52.1 Å². The number of hydrogen-bond donors (Lipinski definition) is 0. The average molecular weight is 529 g/mol. The van der Waals surface area contributed by atoms with Crippen molar-refractivity contribution in [2.75, 3.05) is 11.5 Å². The molecule has 1 fully saturated rings. The van der Waals surface area contributed by atoms with Gasteiger partial charge in [-0.2, -0.15) is 0 Å². The fourth-order valence-corrected chi connectivity index (χ4v) is 4.92. The largest absolute Gasteiger partial charge is 0.373 e. The molecule has 0 spiro atoms. The van der Waals surface area contributed by atoms with Crippen LogP contribution >= 0.6 is 23.2 Å². The van der Waals surface area contributed by atoms with Gasteiger partial charge in [0.15, 0.2) is 0 Å². The lowest BCUT2D eigenvalue weighted by molar-refractivity contribution is 0.0889. The Morgan fingerprint density at radius 1 is 1.11 bits per heavy atom. The number of carbonyl (C=O) groups is 2. The van der Waals surface area contributed by atoms with Crippen molar-refractivity contribution in [3.8, 4) is 0 Å². The van der Waals surface area contributed by atoms with Gasteiger partial charge in [-0.25, -0.2) is 14.3 Å². The minimum absolute atomic E-state index is 0.0651. The molecule has 5 nitrogen and oxygen atoms in total. The zero-order chi connectivity index (χ0) is 26.0. The van der Waals surface area contributed by atoms with Gasteiger partial charge in [0, 0.05) is 18.4 Å². The number of pyridine rings is 1. The number of amides is 2.